The molecule has 1 amide bonds. The van der Waals surface area contributed by atoms with E-state index >= 15 is 0 Å². The molecular formula is C13H15ClN4O. The fourth-order valence-electron chi connectivity index (χ4n) is 1.66. The number of benzene rings is 1. The Morgan fingerprint density at radius 2 is 2.26 bits per heavy atom. The van der Waals surface area contributed by atoms with Crippen molar-refractivity contribution in [3.63, 3.8) is 0 Å². The van der Waals surface area contributed by atoms with Crippen molar-refractivity contribution in [2.75, 3.05) is 7.05 Å². The molecule has 2 rings (SSSR count). The second kappa shape index (κ2) is 5.84. The Kier molecular flexibility index (Phi) is 4.16. The third-order valence-electron chi connectivity index (χ3n) is 2.76. The number of halogens is 1. The summed E-state index contributed by atoms with van der Waals surface area (Å²) >= 11 is 5.93. The Morgan fingerprint density at radius 3 is 2.95 bits per heavy atom. The maximum Gasteiger partial charge on any atom is 0.219 e. The van der Waals surface area contributed by atoms with Gasteiger partial charge >= 0.3 is 0 Å². The molecule has 1 aromatic carbocycles. The molecule has 0 bridgehead atoms. The number of rotatable bonds is 4. The first-order valence-corrected chi connectivity index (χ1v) is 6.27. The van der Waals surface area contributed by atoms with Crippen LogP contribution in [0.1, 0.15) is 18.2 Å². The Labute approximate surface area is 116 Å². The lowest BCUT2D eigenvalue weighted by atomic mass is 10.2. The minimum atomic E-state index is 0.00407. The lowest BCUT2D eigenvalue weighted by molar-refractivity contribution is -0.128. The third kappa shape index (κ3) is 3.79. The van der Waals surface area contributed by atoms with E-state index in [4.69, 9.17) is 11.6 Å². The number of nitrogens with zero attached hydrogens (tertiary/aromatic N) is 4. The van der Waals surface area contributed by atoms with Crippen LogP contribution in [0.4, 0.5) is 0 Å². The van der Waals surface area contributed by atoms with Crippen LogP contribution in [0, 0.1) is 0 Å². The van der Waals surface area contributed by atoms with Gasteiger partial charge in [0.15, 0.2) is 0 Å². The van der Waals surface area contributed by atoms with Crippen LogP contribution in [0.25, 0.3) is 0 Å². The smallest absolute Gasteiger partial charge is 0.219 e. The van der Waals surface area contributed by atoms with Crippen molar-refractivity contribution in [3.05, 3.63) is 46.7 Å². The van der Waals surface area contributed by atoms with Crippen molar-refractivity contribution in [2.24, 2.45) is 0 Å². The number of aromatic nitrogens is 3. The minimum absolute atomic E-state index is 0.00407. The molecule has 0 atom stereocenters. The average Bonchev–Trinajstić information content (AvgIpc) is 2.76. The first-order valence-electron chi connectivity index (χ1n) is 5.90. The van der Waals surface area contributed by atoms with Crippen molar-refractivity contribution in [1.29, 1.82) is 0 Å². The first kappa shape index (κ1) is 13.5. The Balaban J connectivity index is 2.03. The summed E-state index contributed by atoms with van der Waals surface area (Å²) in [5, 5.41) is 8.79. The summed E-state index contributed by atoms with van der Waals surface area (Å²) in [5.74, 6) is 0.00407. The molecular weight excluding hydrogens is 264 g/mol. The predicted octanol–water partition coefficient (Wildman–Crippen LogP) is 1.96. The van der Waals surface area contributed by atoms with E-state index in [0.717, 1.165) is 11.3 Å². The molecule has 100 valence electrons. The van der Waals surface area contributed by atoms with Gasteiger partial charge in [0, 0.05) is 19.0 Å². The molecule has 0 fully saturated rings. The zero-order chi connectivity index (χ0) is 13.8. The molecule has 1 heterocycles. The second-order valence-electron chi connectivity index (χ2n) is 4.41. The molecule has 5 nitrogen and oxygen atoms in total. The summed E-state index contributed by atoms with van der Waals surface area (Å²) < 4.78 is 1.73. The Morgan fingerprint density at radius 1 is 1.47 bits per heavy atom. The van der Waals surface area contributed by atoms with Gasteiger partial charge in [-0.1, -0.05) is 28.9 Å². The summed E-state index contributed by atoms with van der Waals surface area (Å²) in [6.45, 7) is 2.60. The Hall–Kier alpha value is -1.88. The Bertz CT molecular complexity index is 582. The summed E-state index contributed by atoms with van der Waals surface area (Å²) in [5.41, 5.74) is 1.82. The predicted molar refractivity (Wildman–Crippen MR) is 72.7 cm³/mol. The molecule has 0 radical (unpaired) electrons. The molecule has 0 unspecified atom stereocenters. The van der Waals surface area contributed by atoms with E-state index in [1.807, 2.05) is 30.5 Å². The van der Waals surface area contributed by atoms with E-state index in [1.165, 1.54) is 6.92 Å². The second-order valence-corrected chi connectivity index (χ2v) is 4.85. The van der Waals surface area contributed by atoms with Gasteiger partial charge in [-0.25, -0.2) is 4.68 Å². The monoisotopic (exact) mass is 278 g/mol. The maximum atomic E-state index is 11.1. The van der Waals surface area contributed by atoms with E-state index in [1.54, 1.807) is 16.6 Å². The lowest BCUT2D eigenvalue weighted by Crippen LogP contribution is -2.23. The van der Waals surface area contributed by atoms with E-state index < -0.39 is 0 Å². The fraction of sp³-hybridized carbons (Fsp3) is 0.308. The maximum absolute atomic E-state index is 11.1. The van der Waals surface area contributed by atoms with Crippen molar-refractivity contribution >= 4 is 17.5 Å². The largest absolute Gasteiger partial charge is 0.340 e. The van der Waals surface area contributed by atoms with Crippen molar-refractivity contribution in [2.45, 2.75) is 20.0 Å². The number of amides is 1. The molecule has 6 heteroatoms. The third-order valence-corrected chi connectivity index (χ3v) is 2.99. The molecule has 19 heavy (non-hydrogen) atoms. The van der Waals surface area contributed by atoms with Gasteiger partial charge in [-0.15, -0.1) is 5.10 Å². The molecule has 0 saturated heterocycles. The summed E-state index contributed by atoms with van der Waals surface area (Å²) in [4.78, 5) is 12.7. The first-order chi connectivity index (χ1) is 9.04. The van der Waals surface area contributed by atoms with E-state index in [0.29, 0.717) is 18.1 Å². The summed E-state index contributed by atoms with van der Waals surface area (Å²) in [6, 6.07) is 7.61. The highest BCUT2D eigenvalue weighted by Gasteiger charge is 2.07. The molecule has 0 N–H and O–H groups in total. The van der Waals surface area contributed by atoms with Crippen molar-refractivity contribution < 1.29 is 4.79 Å². The molecule has 0 aliphatic heterocycles. The van der Waals surface area contributed by atoms with Crippen LogP contribution in [-0.2, 0) is 17.9 Å². The van der Waals surface area contributed by atoms with E-state index in [-0.39, 0.29) is 5.91 Å². The van der Waals surface area contributed by atoms with Gasteiger partial charge < -0.3 is 4.90 Å². The van der Waals surface area contributed by atoms with Crippen LogP contribution in [0.5, 0.6) is 0 Å². The van der Waals surface area contributed by atoms with Crippen LogP contribution in [0.2, 0.25) is 5.02 Å². The zero-order valence-electron chi connectivity index (χ0n) is 10.9. The summed E-state index contributed by atoms with van der Waals surface area (Å²) in [6.07, 6.45) is 1.83. The quantitative estimate of drug-likeness (QED) is 0.859. The van der Waals surface area contributed by atoms with Gasteiger partial charge in [0.05, 0.1) is 19.3 Å². The molecule has 0 aliphatic carbocycles. The van der Waals surface area contributed by atoms with Crippen molar-refractivity contribution in [3.8, 4) is 0 Å². The highest BCUT2D eigenvalue weighted by molar-refractivity contribution is 6.30. The van der Waals surface area contributed by atoms with Crippen molar-refractivity contribution in [1.82, 2.24) is 19.9 Å². The van der Waals surface area contributed by atoms with Gasteiger partial charge in [0.25, 0.3) is 0 Å². The van der Waals surface area contributed by atoms with Gasteiger partial charge in [-0.3, -0.25) is 4.79 Å². The lowest BCUT2D eigenvalue weighted by Gasteiger charge is -2.11. The number of carbonyl (C=O) groups is 1. The average molecular weight is 279 g/mol. The van der Waals surface area contributed by atoms with E-state index in [2.05, 4.69) is 10.3 Å². The normalized spacial score (nSPS) is 10.5. The van der Waals surface area contributed by atoms with Crippen LogP contribution >= 0.6 is 11.6 Å². The van der Waals surface area contributed by atoms with Crippen LogP contribution < -0.4 is 0 Å². The van der Waals surface area contributed by atoms with Gasteiger partial charge in [-0.05, 0) is 17.7 Å². The van der Waals surface area contributed by atoms with Gasteiger partial charge in [-0.2, -0.15) is 0 Å². The zero-order valence-corrected chi connectivity index (χ0v) is 11.6. The summed E-state index contributed by atoms with van der Waals surface area (Å²) in [7, 11) is 1.73. The topological polar surface area (TPSA) is 51.0 Å². The molecule has 1 aromatic heterocycles. The molecule has 0 spiro atoms. The number of carbonyl (C=O) groups excluding carboxylic acids is 1. The minimum Gasteiger partial charge on any atom is -0.340 e. The SMILES string of the molecule is CC(=O)N(C)Cc1cn(Cc2cccc(Cl)c2)nn1. The highest BCUT2D eigenvalue weighted by atomic mass is 35.5. The highest BCUT2D eigenvalue weighted by Crippen LogP contribution is 2.11. The van der Waals surface area contributed by atoms with Gasteiger partial charge in [0.1, 0.15) is 5.69 Å². The van der Waals surface area contributed by atoms with Crippen LogP contribution in [-0.4, -0.2) is 32.8 Å². The van der Waals surface area contributed by atoms with Crippen LogP contribution in [0.3, 0.4) is 0 Å². The van der Waals surface area contributed by atoms with Gasteiger partial charge in [0.2, 0.25) is 5.91 Å². The molecule has 0 aliphatic rings. The van der Waals surface area contributed by atoms with Crippen LogP contribution in [0.15, 0.2) is 30.5 Å². The van der Waals surface area contributed by atoms with E-state index in [9.17, 15) is 4.79 Å². The molecule has 2 aromatic rings. The number of hydrogen-bond acceptors (Lipinski definition) is 3. The standard InChI is InChI=1S/C13H15ClN4O/c1-10(19)17(2)8-13-9-18(16-15-13)7-11-4-3-5-12(14)6-11/h3-6,9H,7-8H2,1-2H3. The fourth-order valence-corrected chi connectivity index (χ4v) is 1.88. The molecule has 0 saturated carbocycles. The number of hydrogen-bond donors (Lipinski definition) is 0.